The molecule has 1 aromatic heterocycles. The summed E-state index contributed by atoms with van der Waals surface area (Å²) in [7, 11) is 0. The first-order chi connectivity index (χ1) is 14.6. The number of pyridine rings is 1. The molecule has 1 aliphatic heterocycles. The number of carbonyl (C=O) groups is 2. The quantitative estimate of drug-likeness (QED) is 0.685. The second-order valence-corrected chi connectivity index (χ2v) is 7.93. The molecule has 1 aliphatic carbocycles. The van der Waals surface area contributed by atoms with Crippen LogP contribution in [0.1, 0.15) is 56.2 Å². The minimum absolute atomic E-state index is 0.0466. The molecule has 0 amide bonds. The van der Waals surface area contributed by atoms with E-state index in [1.54, 1.807) is 6.20 Å². The number of aliphatic imine (C=N–C) groups is 1. The van der Waals surface area contributed by atoms with Crippen LogP contribution in [0.2, 0.25) is 0 Å². The van der Waals surface area contributed by atoms with E-state index in [2.05, 4.69) is 17.1 Å². The van der Waals surface area contributed by atoms with Crippen molar-refractivity contribution in [2.75, 3.05) is 6.61 Å². The van der Waals surface area contributed by atoms with E-state index in [1.165, 1.54) is 0 Å². The first-order valence-corrected chi connectivity index (χ1v) is 10.5. The van der Waals surface area contributed by atoms with Crippen molar-refractivity contribution in [2.45, 2.75) is 44.9 Å². The van der Waals surface area contributed by atoms with Gasteiger partial charge >= 0.3 is 5.97 Å². The highest BCUT2D eigenvalue weighted by Crippen LogP contribution is 2.46. The minimum Gasteiger partial charge on any atom is -0.465 e. The van der Waals surface area contributed by atoms with Crippen LogP contribution in [0.4, 0.5) is 0 Å². The lowest BCUT2D eigenvalue weighted by molar-refractivity contribution is -0.146. The van der Waals surface area contributed by atoms with Crippen molar-refractivity contribution in [3.63, 3.8) is 0 Å². The van der Waals surface area contributed by atoms with Crippen LogP contribution in [0, 0.1) is 5.92 Å². The van der Waals surface area contributed by atoms with Gasteiger partial charge in [0, 0.05) is 35.3 Å². The Morgan fingerprint density at radius 1 is 1.10 bits per heavy atom. The van der Waals surface area contributed by atoms with Crippen LogP contribution in [0.5, 0.6) is 0 Å². The minimum atomic E-state index is -0.623. The van der Waals surface area contributed by atoms with Crippen molar-refractivity contribution in [1.29, 1.82) is 0 Å². The van der Waals surface area contributed by atoms with E-state index in [9.17, 15) is 9.59 Å². The highest BCUT2D eigenvalue weighted by atomic mass is 16.5. The SMILES string of the molecule is CCCOC(=O)C1C(C)=NC2=C(C(=O)C[C@H](c3ccccc3)C2)[C@H]1c1ccccn1. The number of benzene rings is 1. The predicted molar refractivity (Wildman–Crippen MR) is 115 cm³/mol. The zero-order chi connectivity index (χ0) is 21.1. The van der Waals surface area contributed by atoms with E-state index < -0.39 is 11.8 Å². The molecular weight excluding hydrogens is 376 g/mol. The fourth-order valence-corrected chi connectivity index (χ4v) is 4.50. The van der Waals surface area contributed by atoms with Gasteiger partial charge in [-0.15, -0.1) is 0 Å². The summed E-state index contributed by atoms with van der Waals surface area (Å²) in [5, 5.41) is 0. The second kappa shape index (κ2) is 8.74. The molecular formula is C25H26N2O3. The lowest BCUT2D eigenvalue weighted by Gasteiger charge is -2.36. The molecule has 0 bridgehead atoms. The molecule has 3 atom stereocenters. The van der Waals surface area contributed by atoms with E-state index in [0.717, 1.165) is 17.7 Å². The highest BCUT2D eigenvalue weighted by Gasteiger charge is 2.45. The molecule has 30 heavy (non-hydrogen) atoms. The molecule has 0 fully saturated rings. The Balaban J connectivity index is 1.76. The maximum absolute atomic E-state index is 13.4. The Morgan fingerprint density at radius 3 is 2.57 bits per heavy atom. The van der Waals surface area contributed by atoms with Crippen LogP contribution in [0.15, 0.2) is 71.0 Å². The van der Waals surface area contributed by atoms with E-state index in [-0.39, 0.29) is 17.7 Å². The van der Waals surface area contributed by atoms with Gasteiger partial charge in [0.1, 0.15) is 5.92 Å². The van der Waals surface area contributed by atoms with E-state index in [4.69, 9.17) is 9.73 Å². The average molecular weight is 402 g/mol. The third kappa shape index (κ3) is 3.84. The Kier molecular flexibility index (Phi) is 5.88. The summed E-state index contributed by atoms with van der Waals surface area (Å²) < 4.78 is 5.48. The van der Waals surface area contributed by atoms with Gasteiger partial charge in [-0.3, -0.25) is 19.6 Å². The molecule has 2 aliphatic rings. The summed E-state index contributed by atoms with van der Waals surface area (Å²) in [4.78, 5) is 35.6. The van der Waals surface area contributed by atoms with Gasteiger partial charge in [0.2, 0.25) is 0 Å². The first kappa shape index (κ1) is 20.2. The number of ether oxygens (including phenoxy) is 1. The molecule has 2 heterocycles. The van der Waals surface area contributed by atoms with Gasteiger partial charge in [-0.25, -0.2) is 0 Å². The third-order valence-corrected chi connectivity index (χ3v) is 5.87. The standard InChI is InChI=1S/C25H26N2O3/c1-3-13-30-25(29)22-16(2)27-20-14-18(17-9-5-4-6-10-17)15-21(28)23(20)24(22)19-11-7-8-12-26-19/h4-12,18,22,24H,3,13-15H2,1-2H3/t18-,22?,24+/m1/s1. The number of hydrogen-bond acceptors (Lipinski definition) is 5. The highest BCUT2D eigenvalue weighted by molar-refractivity contribution is 6.09. The van der Waals surface area contributed by atoms with Crippen LogP contribution >= 0.6 is 0 Å². The molecule has 0 saturated carbocycles. The van der Waals surface area contributed by atoms with Crippen molar-refractivity contribution in [2.24, 2.45) is 10.9 Å². The molecule has 0 radical (unpaired) electrons. The van der Waals surface area contributed by atoms with E-state index >= 15 is 0 Å². The number of carbonyl (C=O) groups excluding carboxylic acids is 2. The fraction of sp³-hybridized carbons (Fsp3) is 0.360. The van der Waals surface area contributed by atoms with Crippen molar-refractivity contribution < 1.29 is 14.3 Å². The van der Waals surface area contributed by atoms with Crippen LogP contribution in [0.25, 0.3) is 0 Å². The molecule has 2 aromatic rings. The Bertz CT molecular complexity index is 996. The summed E-state index contributed by atoms with van der Waals surface area (Å²) in [5.41, 5.74) is 3.96. The average Bonchev–Trinajstić information content (AvgIpc) is 2.77. The molecule has 5 heteroatoms. The van der Waals surface area contributed by atoms with Crippen molar-refractivity contribution >= 4 is 17.5 Å². The molecule has 154 valence electrons. The number of nitrogens with zero attached hydrogens (tertiary/aromatic N) is 2. The number of ketones is 1. The van der Waals surface area contributed by atoms with Crippen LogP contribution in [0.3, 0.4) is 0 Å². The van der Waals surface area contributed by atoms with Gasteiger partial charge in [0.25, 0.3) is 0 Å². The summed E-state index contributed by atoms with van der Waals surface area (Å²) in [5.74, 6) is -1.26. The van der Waals surface area contributed by atoms with Gasteiger partial charge < -0.3 is 4.74 Å². The summed E-state index contributed by atoms with van der Waals surface area (Å²) in [6.45, 7) is 4.17. The lowest BCUT2D eigenvalue weighted by atomic mass is 9.70. The van der Waals surface area contributed by atoms with Gasteiger partial charge in [-0.05, 0) is 43.4 Å². The number of rotatable bonds is 5. The lowest BCUT2D eigenvalue weighted by Crippen LogP contribution is -2.38. The van der Waals surface area contributed by atoms with Gasteiger partial charge in [0.05, 0.1) is 12.5 Å². The van der Waals surface area contributed by atoms with Gasteiger partial charge in [-0.2, -0.15) is 0 Å². The van der Waals surface area contributed by atoms with E-state index in [0.29, 0.717) is 36.4 Å². The Morgan fingerprint density at radius 2 is 1.87 bits per heavy atom. The Labute approximate surface area is 176 Å². The molecule has 0 N–H and O–H groups in total. The van der Waals surface area contributed by atoms with Crippen molar-refractivity contribution in [3.05, 3.63) is 77.3 Å². The maximum Gasteiger partial charge on any atom is 0.315 e. The maximum atomic E-state index is 13.4. The predicted octanol–water partition coefficient (Wildman–Crippen LogP) is 4.61. The molecule has 1 unspecified atom stereocenters. The molecule has 0 spiro atoms. The third-order valence-electron chi connectivity index (χ3n) is 5.87. The number of allylic oxidation sites excluding steroid dienone is 2. The number of esters is 1. The zero-order valence-corrected chi connectivity index (χ0v) is 17.4. The zero-order valence-electron chi connectivity index (χ0n) is 17.4. The summed E-state index contributed by atoms with van der Waals surface area (Å²) >= 11 is 0. The van der Waals surface area contributed by atoms with Crippen LogP contribution in [-0.2, 0) is 14.3 Å². The fourth-order valence-electron chi connectivity index (χ4n) is 4.50. The van der Waals surface area contributed by atoms with E-state index in [1.807, 2.05) is 50.2 Å². The smallest absolute Gasteiger partial charge is 0.315 e. The van der Waals surface area contributed by atoms with Gasteiger partial charge in [0.15, 0.2) is 5.78 Å². The normalized spacial score (nSPS) is 23.6. The topological polar surface area (TPSA) is 68.6 Å². The second-order valence-electron chi connectivity index (χ2n) is 7.93. The molecule has 0 saturated heterocycles. The summed E-state index contributed by atoms with van der Waals surface area (Å²) in [6.07, 6.45) is 3.54. The number of aromatic nitrogens is 1. The summed E-state index contributed by atoms with van der Waals surface area (Å²) in [6, 6.07) is 15.7. The first-order valence-electron chi connectivity index (χ1n) is 10.5. The molecule has 4 rings (SSSR count). The van der Waals surface area contributed by atoms with Gasteiger partial charge in [-0.1, -0.05) is 43.3 Å². The molecule has 1 aromatic carbocycles. The van der Waals surface area contributed by atoms with Crippen LogP contribution < -0.4 is 0 Å². The number of Topliss-reactive ketones (excluding diaryl/α,β-unsaturated/α-hetero) is 1. The monoisotopic (exact) mass is 402 g/mol. The largest absolute Gasteiger partial charge is 0.465 e. The molecule has 5 nitrogen and oxygen atoms in total. The van der Waals surface area contributed by atoms with Crippen molar-refractivity contribution in [3.8, 4) is 0 Å². The number of hydrogen-bond donors (Lipinski definition) is 0. The Hall–Kier alpha value is -3.08. The van der Waals surface area contributed by atoms with Crippen molar-refractivity contribution in [1.82, 2.24) is 4.98 Å². The van der Waals surface area contributed by atoms with Crippen LogP contribution in [-0.4, -0.2) is 29.1 Å².